The van der Waals surface area contributed by atoms with E-state index in [9.17, 15) is 22.8 Å². The highest BCUT2D eigenvalue weighted by atomic mass is 19.4. The highest BCUT2D eigenvalue weighted by molar-refractivity contribution is 5.96. The van der Waals surface area contributed by atoms with Crippen molar-refractivity contribution in [3.8, 4) is 0 Å². The second kappa shape index (κ2) is 11.1. The van der Waals surface area contributed by atoms with Gasteiger partial charge in [-0.15, -0.1) is 0 Å². The number of hydrogen-bond acceptors (Lipinski definition) is 4. The number of nitrogens with one attached hydrogen (secondary N) is 2. The van der Waals surface area contributed by atoms with E-state index in [4.69, 9.17) is 4.74 Å². The zero-order chi connectivity index (χ0) is 27.6. The number of carbonyl (C=O) groups is 2. The van der Waals surface area contributed by atoms with Crippen molar-refractivity contribution in [1.82, 2.24) is 15.5 Å². The molecule has 1 saturated heterocycles. The van der Waals surface area contributed by atoms with Gasteiger partial charge < -0.3 is 15.4 Å². The van der Waals surface area contributed by atoms with Crippen LogP contribution < -0.4 is 10.6 Å². The summed E-state index contributed by atoms with van der Waals surface area (Å²) in [6.07, 6.45) is 4.19. The Balaban J connectivity index is 1.14. The number of ether oxygens (including phenoxy) is 1. The van der Waals surface area contributed by atoms with Gasteiger partial charge >= 0.3 is 6.18 Å². The van der Waals surface area contributed by atoms with Gasteiger partial charge in [-0.2, -0.15) is 13.2 Å². The molecule has 39 heavy (non-hydrogen) atoms. The summed E-state index contributed by atoms with van der Waals surface area (Å²) in [5.41, 5.74) is 1.81. The van der Waals surface area contributed by atoms with Gasteiger partial charge in [0.25, 0.3) is 5.91 Å². The van der Waals surface area contributed by atoms with E-state index in [0.717, 1.165) is 44.4 Å². The van der Waals surface area contributed by atoms with Crippen LogP contribution in [0.2, 0.25) is 0 Å². The molecule has 6 nitrogen and oxygen atoms in total. The summed E-state index contributed by atoms with van der Waals surface area (Å²) in [5, 5.41) is 5.40. The topological polar surface area (TPSA) is 70.7 Å². The van der Waals surface area contributed by atoms with E-state index < -0.39 is 23.6 Å². The quantitative estimate of drug-likeness (QED) is 0.540. The number of nitrogens with zero attached hydrogens (tertiary/aromatic N) is 1. The van der Waals surface area contributed by atoms with Crippen LogP contribution in [0.25, 0.3) is 6.08 Å². The lowest BCUT2D eigenvalue weighted by Gasteiger charge is -2.40. The van der Waals surface area contributed by atoms with E-state index in [0.29, 0.717) is 19.2 Å². The van der Waals surface area contributed by atoms with Gasteiger partial charge in [0.1, 0.15) is 0 Å². The average Bonchev–Trinajstić information content (AvgIpc) is 3.49. The van der Waals surface area contributed by atoms with E-state index >= 15 is 0 Å². The molecule has 2 fully saturated rings. The van der Waals surface area contributed by atoms with E-state index in [-0.39, 0.29) is 29.7 Å². The minimum atomic E-state index is -4.55. The number of benzene rings is 2. The molecule has 2 atom stereocenters. The van der Waals surface area contributed by atoms with Crippen LogP contribution >= 0.6 is 0 Å². The molecule has 1 aliphatic heterocycles. The molecule has 2 aliphatic carbocycles. The highest BCUT2D eigenvalue weighted by Gasteiger charge is 2.43. The third kappa shape index (κ3) is 5.89. The summed E-state index contributed by atoms with van der Waals surface area (Å²) >= 11 is 0. The number of alkyl halides is 3. The molecule has 0 bridgehead atoms. The van der Waals surface area contributed by atoms with Gasteiger partial charge in [-0.3, -0.25) is 14.5 Å². The van der Waals surface area contributed by atoms with Gasteiger partial charge in [0.05, 0.1) is 24.3 Å². The fourth-order valence-corrected chi connectivity index (χ4v) is 6.33. The van der Waals surface area contributed by atoms with Gasteiger partial charge in [0, 0.05) is 36.7 Å². The Kier molecular flexibility index (Phi) is 7.82. The molecule has 0 radical (unpaired) electrons. The lowest BCUT2D eigenvalue weighted by molar-refractivity contribution is -0.137. The van der Waals surface area contributed by atoms with Crippen LogP contribution in [0.5, 0.6) is 0 Å². The molecule has 2 aromatic carbocycles. The summed E-state index contributed by atoms with van der Waals surface area (Å²) in [6, 6.07) is 12.9. The van der Waals surface area contributed by atoms with Gasteiger partial charge in [-0.25, -0.2) is 0 Å². The molecule has 1 saturated carbocycles. The predicted molar refractivity (Wildman–Crippen MR) is 142 cm³/mol. The maximum Gasteiger partial charge on any atom is 0.416 e. The summed E-state index contributed by atoms with van der Waals surface area (Å²) in [7, 11) is 0. The largest absolute Gasteiger partial charge is 0.416 e. The van der Waals surface area contributed by atoms with E-state index in [1.165, 1.54) is 23.3 Å². The van der Waals surface area contributed by atoms with Crippen LogP contribution in [-0.4, -0.2) is 61.1 Å². The number of allylic oxidation sites excluding steroid dienone is 1. The molecule has 0 aromatic heterocycles. The molecule has 1 unspecified atom stereocenters. The lowest BCUT2D eigenvalue weighted by atomic mass is 9.69. The first-order chi connectivity index (χ1) is 18.7. The molecular formula is C30H34F3N3O3. The first-order valence-electron chi connectivity index (χ1n) is 13.6. The standard InChI is InChI=1S/C30H34F3N3O3/c1-2-39-26-19-36(23-11-14-29(15-12-23)13-10-20-6-3-4-9-24(20)29)18-25(26)35-27(37)17-34-28(38)21-7-5-8-22(16-21)30(31,32)33/h3-10,13,16,23,25-26H,2,11-12,14-15,17-19H2,1H3,(H,34,38)(H,35,37)/t23?,25-,26?,29?/m0/s1. The number of fused-ring (bicyclic) bond motifs is 2. The smallest absolute Gasteiger partial charge is 0.375 e. The third-order valence-corrected chi connectivity index (χ3v) is 8.33. The zero-order valence-corrected chi connectivity index (χ0v) is 22.0. The molecule has 208 valence electrons. The molecule has 3 aliphatic rings. The minimum absolute atomic E-state index is 0.123. The normalized spacial score (nSPS) is 26.5. The summed E-state index contributed by atoms with van der Waals surface area (Å²) in [5.74, 6) is -1.13. The van der Waals surface area contributed by atoms with Gasteiger partial charge in [-0.05, 0) is 61.9 Å². The summed E-state index contributed by atoms with van der Waals surface area (Å²) < 4.78 is 44.8. The number of hydrogen-bond donors (Lipinski definition) is 2. The number of halogens is 3. The highest BCUT2D eigenvalue weighted by Crippen LogP contribution is 2.47. The van der Waals surface area contributed by atoms with E-state index in [1.807, 2.05) is 6.92 Å². The van der Waals surface area contributed by atoms with Crippen LogP contribution in [0, 0.1) is 0 Å². The minimum Gasteiger partial charge on any atom is -0.375 e. The average molecular weight is 542 g/mol. The Morgan fingerprint density at radius 2 is 1.85 bits per heavy atom. The van der Waals surface area contributed by atoms with Crippen LogP contribution in [0.15, 0.2) is 54.6 Å². The molecule has 2 aromatic rings. The van der Waals surface area contributed by atoms with Crippen LogP contribution in [0.4, 0.5) is 13.2 Å². The second-order valence-electron chi connectivity index (χ2n) is 10.7. The number of likely N-dealkylation sites (tertiary alicyclic amines) is 1. The molecule has 2 N–H and O–H groups in total. The maximum atomic E-state index is 13.0. The first kappa shape index (κ1) is 27.4. The van der Waals surface area contributed by atoms with Crippen molar-refractivity contribution in [3.63, 3.8) is 0 Å². The monoisotopic (exact) mass is 541 g/mol. The molecule has 1 heterocycles. The van der Waals surface area contributed by atoms with Crippen LogP contribution in [-0.2, 0) is 21.1 Å². The SMILES string of the molecule is CCOC1CN(C2CCC3(C=Cc4ccccc43)CC2)C[C@@H]1NC(=O)CNC(=O)c1cccc(C(F)(F)F)c1. The Labute approximate surface area is 226 Å². The van der Waals surface area contributed by atoms with Crippen molar-refractivity contribution >= 4 is 17.9 Å². The summed E-state index contributed by atoms with van der Waals surface area (Å²) in [4.78, 5) is 27.5. The first-order valence-corrected chi connectivity index (χ1v) is 13.6. The number of rotatable bonds is 7. The molecule has 5 rings (SSSR count). The van der Waals surface area contributed by atoms with Crippen molar-refractivity contribution in [2.45, 2.75) is 62.4 Å². The van der Waals surface area contributed by atoms with Gasteiger partial charge in [-0.1, -0.05) is 42.5 Å². The molecule has 2 amide bonds. The van der Waals surface area contributed by atoms with Crippen LogP contribution in [0.3, 0.4) is 0 Å². The Morgan fingerprint density at radius 1 is 1.08 bits per heavy atom. The fraction of sp³-hybridized carbons (Fsp3) is 0.467. The van der Waals surface area contributed by atoms with Gasteiger partial charge in [0.15, 0.2) is 0 Å². The number of carbonyl (C=O) groups excluding carboxylic acids is 2. The van der Waals surface area contributed by atoms with Crippen molar-refractivity contribution < 1.29 is 27.5 Å². The predicted octanol–water partition coefficient (Wildman–Crippen LogP) is 4.55. The third-order valence-electron chi connectivity index (χ3n) is 8.33. The van der Waals surface area contributed by atoms with E-state index in [2.05, 4.69) is 52.0 Å². The molecular weight excluding hydrogens is 507 g/mol. The van der Waals surface area contributed by atoms with Crippen molar-refractivity contribution in [2.24, 2.45) is 0 Å². The van der Waals surface area contributed by atoms with Crippen molar-refractivity contribution in [1.29, 1.82) is 0 Å². The molecule has 1 spiro atoms. The van der Waals surface area contributed by atoms with Gasteiger partial charge in [0.2, 0.25) is 5.91 Å². The lowest BCUT2D eigenvalue weighted by Crippen LogP contribution is -2.48. The summed E-state index contributed by atoms with van der Waals surface area (Å²) in [6.45, 7) is 3.49. The van der Waals surface area contributed by atoms with Crippen molar-refractivity contribution in [3.05, 3.63) is 76.9 Å². The van der Waals surface area contributed by atoms with Crippen molar-refractivity contribution in [2.75, 3.05) is 26.2 Å². The Hall–Kier alpha value is -3.17. The van der Waals surface area contributed by atoms with Crippen LogP contribution in [0.1, 0.15) is 59.7 Å². The zero-order valence-electron chi connectivity index (χ0n) is 22.0. The Morgan fingerprint density at radius 3 is 2.59 bits per heavy atom. The fourth-order valence-electron chi connectivity index (χ4n) is 6.33. The molecule has 9 heteroatoms. The van der Waals surface area contributed by atoms with E-state index in [1.54, 1.807) is 0 Å². The Bertz CT molecular complexity index is 1240. The second-order valence-corrected chi connectivity index (χ2v) is 10.7. The number of amides is 2. The maximum absolute atomic E-state index is 13.0.